The van der Waals surface area contributed by atoms with Gasteiger partial charge < -0.3 is 14.5 Å². The van der Waals surface area contributed by atoms with E-state index in [9.17, 15) is 19.7 Å². The third-order valence-electron chi connectivity index (χ3n) is 4.63. The van der Waals surface area contributed by atoms with E-state index in [1.165, 1.54) is 4.90 Å². The van der Waals surface area contributed by atoms with Gasteiger partial charge in [0.2, 0.25) is 0 Å². The van der Waals surface area contributed by atoms with E-state index < -0.39 is 23.0 Å². The Morgan fingerprint density at radius 1 is 1.12 bits per heavy atom. The molecule has 0 bridgehead atoms. The van der Waals surface area contributed by atoms with Gasteiger partial charge in [-0.25, -0.2) is 4.79 Å². The van der Waals surface area contributed by atoms with E-state index >= 15 is 0 Å². The van der Waals surface area contributed by atoms with Crippen molar-refractivity contribution in [3.05, 3.63) is 40.4 Å². The number of amides is 2. The molecule has 2 heterocycles. The van der Waals surface area contributed by atoms with Crippen LogP contribution >= 0.6 is 0 Å². The fourth-order valence-corrected chi connectivity index (χ4v) is 3.38. The van der Waals surface area contributed by atoms with Crippen molar-refractivity contribution < 1.29 is 19.2 Å². The predicted octanol–water partition coefficient (Wildman–Crippen LogP) is 1.92. The van der Waals surface area contributed by atoms with Gasteiger partial charge in [-0.3, -0.25) is 14.9 Å². The first-order valence-electron chi connectivity index (χ1n) is 8.52. The van der Waals surface area contributed by atoms with Crippen LogP contribution in [0.25, 0.3) is 0 Å². The minimum absolute atomic E-state index is 0.199. The molecule has 0 aromatic heterocycles. The maximum atomic E-state index is 12.7. The molecule has 2 atom stereocenters. The van der Waals surface area contributed by atoms with Crippen LogP contribution in [0.15, 0.2) is 30.3 Å². The highest BCUT2D eigenvalue weighted by Crippen LogP contribution is 2.24. The van der Waals surface area contributed by atoms with Crippen LogP contribution in [0.5, 0.6) is 5.75 Å². The number of carbonyl (C=O) groups excluding carboxylic acids is 2. The molecular weight excluding hydrogens is 326 g/mol. The second-order valence-electron chi connectivity index (χ2n) is 6.30. The van der Waals surface area contributed by atoms with Gasteiger partial charge in [-0.2, -0.15) is 0 Å². The van der Waals surface area contributed by atoms with Crippen LogP contribution in [0.3, 0.4) is 0 Å². The highest BCUT2D eigenvalue weighted by atomic mass is 16.7. The molecule has 2 fully saturated rings. The maximum Gasteiger partial charge on any atom is 0.415 e. The number of rotatable bonds is 5. The topological polar surface area (TPSA) is 93.0 Å². The van der Waals surface area contributed by atoms with Gasteiger partial charge in [0.1, 0.15) is 11.8 Å². The first-order chi connectivity index (χ1) is 12.1. The minimum Gasteiger partial charge on any atom is -0.424 e. The zero-order chi connectivity index (χ0) is 17.8. The number of hydrogen-bond donors (Lipinski definition) is 0. The van der Waals surface area contributed by atoms with Gasteiger partial charge in [-0.15, -0.1) is 0 Å². The summed E-state index contributed by atoms with van der Waals surface area (Å²) < 4.78 is 5.30. The summed E-state index contributed by atoms with van der Waals surface area (Å²) in [5.41, 5.74) is 0. The van der Waals surface area contributed by atoms with Crippen molar-refractivity contribution in [1.29, 1.82) is 0 Å². The number of ketones is 1. The van der Waals surface area contributed by atoms with Crippen LogP contribution in [0.1, 0.15) is 25.7 Å². The number of nitro groups is 1. The monoisotopic (exact) mass is 347 g/mol. The Labute approximate surface area is 145 Å². The van der Waals surface area contributed by atoms with Crippen LogP contribution < -0.4 is 4.74 Å². The number of para-hydroxylation sites is 1. The summed E-state index contributed by atoms with van der Waals surface area (Å²) in [7, 11) is 0. The lowest BCUT2D eigenvalue weighted by molar-refractivity contribution is -0.545. The molecule has 1 unspecified atom stereocenters. The van der Waals surface area contributed by atoms with Crippen LogP contribution in [0, 0.1) is 10.1 Å². The molecule has 0 aliphatic carbocycles. The van der Waals surface area contributed by atoms with Crippen molar-refractivity contribution in [1.82, 2.24) is 9.80 Å². The van der Waals surface area contributed by atoms with Gasteiger partial charge in [-0.05, 0) is 37.8 Å². The van der Waals surface area contributed by atoms with E-state index in [1.807, 2.05) is 0 Å². The van der Waals surface area contributed by atoms with Crippen molar-refractivity contribution in [2.45, 2.75) is 38.0 Å². The second-order valence-corrected chi connectivity index (χ2v) is 6.30. The first kappa shape index (κ1) is 17.2. The molecule has 8 heteroatoms. The molecule has 25 heavy (non-hydrogen) atoms. The Balaban J connectivity index is 1.73. The third kappa shape index (κ3) is 3.72. The molecule has 0 saturated carbocycles. The van der Waals surface area contributed by atoms with Crippen molar-refractivity contribution in [3.63, 3.8) is 0 Å². The summed E-state index contributed by atoms with van der Waals surface area (Å²) in [6.07, 6.45) is 1.19. The van der Waals surface area contributed by atoms with Gasteiger partial charge in [-0.1, -0.05) is 18.2 Å². The largest absolute Gasteiger partial charge is 0.424 e. The standard InChI is InChI=1S/C17H21N3O5/c21-15(16(20(23)24)25-13-7-2-1-3-8-13)14-9-6-12-19(14)17(22)18-10-4-5-11-18/h1-3,7-8,14,16H,4-6,9-12H2/t14-,16?/m0/s1. The Morgan fingerprint density at radius 2 is 1.80 bits per heavy atom. The number of urea groups is 1. The van der Waals surface area contributed by atoms with Gasteiger partial charge >= 0.3 is 12.3 Å². The SMILES string of the molecule is O=C(C(Oc1ccccc1)[N+](=O)[O-])[C@@H]1CCCN1C(=O)N1CCCC1. The molecule has 8 nitrogen and oxygen atoms in total. The molecule has 2 saturated heterocycles. The molecule has 2 amide bonds. The van der Waals surface area contributed by atoms with Crippen molar-refractivity contribution in [3.8, 4) is 5.75 Å². The minimum atomic E-state index is -1.81. The number of Topliss-reactive ketones (excluding diaryl/α,β-unsaturated/α-hetero) is 1. The van der Waals surface area contributed by atoms with E-state index in [0.29, 0.717) is 32.5 Å². The molecule has 3 rings (SSSR count). The molecule has 134 valence electrons. The van der Waals surface area contributed by atoms with Crippen LogP contribution in [0.4, 0.5) is 4.79 Å². The van der Waals surface area contributed by atoms with E-state index in [0.717, 1.165) is 12.8 Å². The summed E-state index contributed by atoms with van der Waals surface area (Å²) in [5, 5.41) is 11.4. The van der Waals surface area contributed by atoms with E-state index in [-0.39, 0.29) is 11.8 Å². The second kappa shape index (κ2) is 7.50. The van der Waals surface area contributed by atoms with Gasteiger partial charge in [0.05, 0.1) is 4.92 Å². The Hall–Kier alpha value is -2.64. The molecule has 0 N–H and O–H groups in total. The van der Waals surface area contributed by atoms with Crippen LogP contribution in [-0.2, 0) is 4.79 Å². The molecule has 1 aromatic carbocycles. The lowest BCUT2D eigenvalue weighted by Gasteiger charge is -2.28. The lowest BCUT2D eigenvalue weighted by Crippen LogP contribution is -2.52. The van der Waals surface area contributed by atoms with Gasteiger partial charge in [0.25, 0.3) is 5.78 Å². The molecule has 0 spiro atoms. The molecule has 1 aromatic rings. The number of benzene rings is 1. The fraction of sp³-hybridized carbons (Fsp3) is 0.529. The normalized spacial score (nSPS) is 21.2. The smallest absolute Gasteiger partial charge is 0.415 e. The zero-order valence-electron chi connectivity index (χ0n) is 13.9. The summed E-state index contributed by atoms with van der Waals surface area (Å²) in [6.45, 7) is 1.80. The summed E-state index contributed by atoms with van der Waals surface area (Å²) in [5.74, 6) is -0.410. The number of ether oxygens (including phenoxy) is 1. The summed E-state index contributed by atoms with van der Waals surface area (Å²) in [6, 6.07) is 7.23. The Morgan fingerprint density at radius 3 is 2.44 bits per heavy atom. The van der Waals surface area contributed by atoms with Crippen molar-refractivity contribution in [2.75, 3.05) is 19.6 Å². The zero-order valence-corrected chi connectivity index (χ0v) is 13.9. The van der Waals surface area contributed by atoms with Gasteiger partial charge in [0, 0.05) is 19.6 Å². The van der Waals surface area contributed by atoms with Crippen LogP contribution in [0.2, 0.25) is 0 Å². The Bertz CT molecular complexity index is 645. The summed E-state index contributed by atoms with van der Waals surface area (Å²) >= 11 is 0. The quantitative estimate of drug-likeness (QED) is 0.461. The summed E-state index contributed by atoms with van der Waals surface area (Å²) in [4.78, 5) is 39.2. The van der Waals surface area contributed by atoms with E-state index in [1.54, 1.807) is 35.2 Å². The molecule has 2 aliphatic heterocycles. The predicted molar refractivity (Wildman–Crippen MR) is 88.8 cm³/mol. The number of likely N-dealkylation sites (tertiary alicyclic amines) is 2. The first-order valence-corrected chi connectivity index (χ1v) is 8.52. The number of nitrogens with zero attached hydrogens (tertiary/aromatic N) is 3. The van der Waals surface area contributed by atoms with E-state index in [4.69, 9.17) is 4.74 Å². The van der Waals surface area contributed by atoms with Crippen molar-refractivity contribution in [2.24, 2.45) is 0 Å². The van der Waals surface area contributed by atoms with Gasteiger partial charge in [0.15, 0.2) is 0 Å². The average Bonchev–Trinajstić information content (AvgIpc) is 3.30. The molecular formula is C17H21N3O5. The number of hydrogen-bond acceptors (Lipinski definition) is 5. The highest BCUT2D eigenvalue weighted by Gasteiger charge is 2.45. The van der Waals surface area contributed by atoms with Crippen LogP contribution in [-0.4, -0.2) is 58.4 Å². The molecule has 2 aliphatic rings. The molecule has 0 radical (unpaired) electrons. The third-order valence-corrected chi connectivity index (χ3v) is 4.63. The van der Waals surface area contributed by atoms with Crippen molar-refractivity contribution >= 4 is 11.8 Å². The average molecular weight is 347 g/mol. The Kier molecular flexibility index (Phi) is 5.16. The van der Waals surface area contributed by atoms with E-state index in [2.05, 4.69) is 0 Å². The fourth-order valence-electron chi connectivity index (χ4n) is 3.38. The highest BCUT2D eigenvalue weighted by molar-refractivity contribution is 5.91. The maximum absolute atomic E-state index is 12.7. The number of carbonyl (C=O) groups is 2. The lowest BCUT2D eigenvalue weighted by atomic mass is 10.1.